The van der Waals surface area contributed by atoms with Gasteiger partial charge in [0.15, 0.2) is 5.16 Å². The van der Waals surface area contributed by atoms with Crippen LogP contribution in [-0.4, -0.2) is 21.2 Å². The van der Waals surface area contributed by atoms with E-state index in [-0.39, 0.29) is 17.2 Å². The van der Waals surface area contributed by atoms with Crippen LogP contribution in [0.1, 0.15) is 13.8 Å². The number of amides is 1. The number of hydrogen-bond acceptors (Lipinski definition) is 4. The summed E-state index contributed by atoms with van der Waals surface area (Å²) in [6, 6.07) is 14.7. The van der Waals surface area contributed by atoms with Crippen molar-refractivity contribution < 1.29 is 4.79 Å². The number of rotatable bonds is 6. The summed E-state index contributed by atoms with van der Waals surface area (Å²) in [5.41, 5.74) is 1.32. The summed E-state index contributed by atoms with van der Waals surface area (Å²) in [5.74, 6) is 0.335. The number of benzene rings is 2. The highest BCUT2D eigenvalue weighted by molar-refractivity contribution is 9.10. The fourth-order valence-electron chi connectivity index (χ4n) is 2.64. The second kappa shape index (κ2) is 8.71. The summed E-state index contributed by atoms with van der Waals surface area (Å²) in [7, 11) is 0. The van der Waals surface area contributed by atoms with E-state index in [2.05, 4.69) is 40.1 Å². The van der Waals surface area contributed by atoms with Crippen LogP contribution in [0.2, 0.25) is 0 Å². The Morgan fingerprint density at radius 2 is 1.89 bits per heavy atom. The lowest BCUT2D eigenvalue weighted by molar-refractivity contribution is -0.113. The molecule has 0 bridgehead atoms. The number of thioether (sulfide) groups is 1. The first-order valence-corrected chi connectivity index (χ1v) is 10.4. The molecule has 1 N–H and O–H groups in total. The molecule has 0 saturated carbocycles. The first-order valence-electron chi connectivity index (χ1n) is 8.62. The molecule has 0 aliphatic rings. The summed E-state index contributed by atoms with van der Waals surface area (Å²) >= 11 is 4.65. The first kappa shape index (κ1) is 19.6. The van der Waals surface area contributed by atoms with Crippen LogP contribution in [0.15, 0.2) is 63.0 Å². The lowest BCUT2D eigenvalue weighted by Crippen LogP contribution is -2.26. The Labute approximate surface area is 170 Å². The molecule has 0 fully saturated rings. The molecule has 0 saturated heterocycles. The molecule has 0 aliphatic carbocycles. The number of anilines is 1. The third-order valence-corrected chi connectivity index (χ3v) is 5.34. The van der Waals surface area contributed by atoms with Gasteiger partial charge in [-0.25, -0.2) is 4.98 Å². The van der Waals surface area contributed by atoms with Crippen molar-refractivity contribution in [1.29, 1.82) is 0 Å². The van der Waals surface area contributed by atoms with E-state index in [1.54, 1.807) is 10.6 Å². The molecule has 0 unspecified atom stereocenters. The Morgan fingerprint density at radius 3 is 2.59 bits per heavy atom. The maximum absolute atomic E-state index is 12.9. The van der Waals surface area contributed by atoms with Crippen LogP contribution in [0.4, 0.5) is 5.69 Å². The Balaban J connectivity index is 1.81. The molecule has 7 heteroatoms. The van der Waals surface area contributed by atoms with Gasteiger partial charge in [0.1, 0.15) is 0 Å². The number of hydrogen-bond donors (Lipinski definition) is 1. The number of aromatic nitrogens is 2. The fraction of sp³-hybridized carbons (Fsp3) is 0.250. The maximum Gasteiger partial charge on any atom is 0.262 e. The number of carbonyl (C=O) groups excluding carboxylic acids is 1. The van der Waals surface area contributed by atoms with Crippen molar-refractivity contribution >= 4 is 50.2 Å². The van der Waals surface area contributed by atoms with E-state index in [4.69, 9.17) is 0 Å². The van der Waals surface area contributed by atoms with Gasteiger partial charge in [-0.2, -0.15) is 0 Å². The molecule has 27 heavy (non-hydrogen) atoms. The molecule has 0 spiro atoms. The van der Waals surface area contributed by atoms with Gasteiger partial charge in [-0.3, -0.25) is 14.2 Å². The second-order valence-corrected chi connectivity index (χ2v) is 8.42. The molecule has 140 valence electrons. The monoisotopic (exact) mass is 445 g/mol. The van der Waals surface area contributed by atoms with Gasteiger partial charge in [-0.05, 0) is 42.3 Å². The number of para-hydroxylation sites is 1. The Morgan fingerprint density at radius 1 is 1.19 bits per heavy atom. The lowest BCUT2D eigenvalue weighted by Gasteiger charge is -2.14. The predicted octanol–water partition coefficient (Wildman–Crippen LogP) is 4.55. The van der Waals surface area contributed by atoms with E-state index < -0.39 is 0 Å². The van der Waals surface area contributed by atoms with E-state index in [0.717, 1.165) is 10.2 Å². The third-order valence-electron chi connectivity index (χ3n) is 3.83. The van der Waals surface area contributed by atoms with Crippen molar-refractivity contribution in [1.82, 2.24) is 9.55 Å². The fourth-order valence-corrected chi connectivity index (χ4v) is 3.72. The Bertz CT molecular complexity index is 1020. The number of halogens is 1. The molecule has 2 aromatic carbocycles. The molecule has 0 atom stereocenters. The molecule has 1 aromatic heterocycles. The second-order valence-electron chi connectivity index (χ2n) is 6.56. The Hall–Kier alpha value is -2.12. The molecule has 5 nitrogen and oxygen atoms in total. The van der Waals surface area contributed by atoms with E-state index in [0.29, 0.717) is 28.5 Å². The van der Waals surface area contributed by atoms with Crippen LogP contribution in [0.25, 0.3) is 10.9 Å². The quantitative estimate of drug-likeness (QED) is 0.446. The highest BCUT2D eigenvalue weighted by Gasteiger charge is 2.14. The van der Waals surface area contributed by atoms with Crippen molar-refractivity contribution in [3.8, 4) is 0 Å². The van der Waals surface area contributed by atoms with Crippen molar-refractivity contribution in [2.75, 3.05) is 11.1 Å². The molecule has 0 radical (unpaired) electrons. The van der Waals surface area contributed by atoms with Gasteiger partial charge in [0.05, 0.1) is 16.7 Å². The van der Waals surface area contributed by atoms with E-state index in [9.17, 15) is 9.59 Å². The van der Waals surface area contributed by atoms with Gasteiger partial charge in [-0.1, -0.05) is 53.7 Å². The SMILES string of the molecule is CC(C)Cn1c(SCC(=O)Nc2ccc(Br)cc2)nc2ccccc2c1=O. The average Bonchev–Trinajstić information content (AvgIpc) is 2.64. The van der Waals surface area contributed by atoms with E-state index in [1.807, 2.05) is 42.5 Å². The third kappa shape index (κ3) is 4.99. The number of nitrogens with one attached hydrogen (secondary N) is 1. The molecule has 0 aliphatic heterocycles. The summed E-state index contributed by atoms with van der Waals surface area (Å²) in [5, 5.41) is 4.02. The van der Waals surface area contributed by atoms with E-state index >= 15 is 0 Å². The summed E-state index contributed by atoms with van der Waals surface area (Å²) in [6.07, 6.45) is 0. The zero-order valence-corrected chi connectivity index (χ0v) is 17.5. The topological polar surface area (TPSA) is 64.0 Å². The van der Waals surface area contributed by atoms with Crippen LogP contribution in [0.3, 0.4) is 0 Å². The highest BCUT2D eigenvalue weighted by Crippen LogP contribution is 2.20. The average molecular weight is 446 g/mol. The van der Waals surface area contributed by atoms with Crippen molar-refractivity contribution in [2.45, 2.75) is 25.5 Å². The minimum atomic E-state index is -0.138. The van der Waals surface area contributed by atoms with Crippen molar-refractivity contribution in [2.24, 2.45) is 5.92 Å². The minimum Gasteiger partial charge on any atom is -0.325 e. The summed E-state index contributed by atoms with van der Waals surface area (Å²) in [4.78, 5) is 29.8. The van der Waals surface area contributed by atoms with Crippen LogP contribution in [0.5, 0.6) is 0 Å². The minimum absolute atomic E-state index is 0.0647. The smallest absolute Gasteiger partial charge is 0.262 e. The lowest BCUT2D eigenvalue weighted by atomic mass is 10.2. The zero-order chi connectivity index (χ0) is 19.4. The van der Waals surface area contributed by atoms with Gasteiger partial charge in [0.2, 0.25) is 5.91 Å². The first-order chi connectivity index (χ1) is 12.9. The molecule has 1 amide bonds. The summed E-state index contributed by atoms with van der Waals surface area (Å²) in [6.45, 7) is 4.67. The predicted molar refractivity (Wildman–Crippen MR) is 114 cm³/mol. The molecular weight excluding hydrogens is 426 g/mol. The maximum atomic E-state index is 12.9. The summed E-state index contributed by atoms with van der Waals surface area (Å²) < 4.78 is 2.62. The van der Waals surface area contributed by atoms with Crippen LogP contribution < -0.4 is 10.9 Å². The molecule has 3 rings (SSSR count). The van der Waals surface area contributed by atoms with Gasteiger partial charge in [0, 0.05) is 16.7 Å². The zero-order valence-electron chi connectivity index (χ0n) is 15.1. The highest BCUT2D eigenvalue weighted by atomic mass is 79.9. The largest absolute Gasteiger partial charge is 0.325 e. The number of fused-ring (bicyclic) bond motifs is 1. The van der Waals surface area contributed by atoms with E-state index in [1.165, 1.54) is 11.8 Å². The number of nitrogens with zero attached hydrogens (tertiary/aromatic N) is 2. The Kier molecular flexibility index (Phi) is 6.34. The number of carbonyl (C=O) groups is 1. The molecule has 3 aromatic rings. The van der Waals surface area contributed by atoms with Crippen LogP contribution in [0, 0.1) is 5.92 Å². The van der Waals surface area contributed by atoms with Gasteiger partial charge in [0.25, 0.3) is 5.56 Å². The molecular formula is C20H20BrN3O2S. The standard InChI is InChI=1S/C20H20BrN3O2S/c1-13(2)11-24-19(26)16-5-3-4-6-17(16)23-20(24)27-12-18(25)22-15-9-7-14(21)8-10-15/h3-10,13H,11-12H2,1-2H3,(H,22,25). The van der Waals surface area contributed by atoms with Crippen molar-refractivity contribution in [3.63, 3.8) is 0 Å². The van der Waals surface area contributed by atoms with Crippen LogP contribution >= 0.6 is 27.7 Å². The normalized spacial score (nSPS) is 11.1. The van der Waals surface area contributed by atoms with Gasteiger partial charge >= 0.3 is 0 Å². The van der Waals surface area contributed by atoms with Gasteiger partial charge in [-0.15, -0.1) is 0 Å². The molecule has 1 heterocycles. The van der Waals surface area contributed by atoms with Gasteiger partial charge < -0.3 is 5.32 Å². The van der Waals surface area contributed by atoms with Crippen LogP contribution in [-0.2, 0) is 11.3 Å². The van der Waals surface area contributed by atoms with Crippen molar-refractivity contribution in [3.05, 3.63) is 63.4 Å².